The van der Waals surface area contributed by atoms with Crippen LogP contribution in [0.25, 0.3) is 0 Å². The van der Waals surface area contributed by atoms with E-state index in [0.29, 0.717) is 11.5 Å². The molecule has 0 bridgehead atoms. The second kappa shape index (κ2) is 3.80. The SMILES string of the molecule is CN1CCC(C(N)C2(CN)CC2)CC1. The van der Waals surface area contributed by atoms with Crippen molar-refractivity contribution in [1.29, 1.82) is 0 Å². The lowest BCUT2D eigenvalue weighted by molar-refractivity contribution is 0.168. The molecule has 0 amide bonds. The fraction of sp³-hybridized carbons (Fsp3) is 1.00. The minimum absolute atomic E-state index is 0.334. The molecule has 1 aliphatic heterocycles. The zero-order valence-electron chi connectivity index (χ0n) is 9.21. The Morgan fingerprint density at radius 2 is 1.93 bits per heavy atom. The first-order valence-corrected chi connectivity index (χ1v) is 5.82. The van der Waals surface area contributed by atoms with E-state index in [1.165, 1.54) is 38.8 Å². The summed E-state index contributed by atoms with van der Waals surface area (Å²) in [6, 6.07) is 0.362. The number of nitrogens with zero attached hydrogens (tertiary/aromatic N) is 1. The highest BCUT2D eigenvalue weighted by Crippen LogP contribution is 2.50. The van der Waals surface area contributed by atoms with Crippen LogP contribution in [0, 0.1) is 11.3 Å². The van der Waals surface area contributed by atoms with Gasteiger partial charge in [0.05, 0.1) is 0 Å². The minimum Gasteiger partial charge on any atom is -0.330 e. The van der Waals surface area contributed by atoms with E-state index in [4.69, 9.17) is 11.5 Å². The number of nitrogens with two attached hydrogens (primary N) is 2. The highest BCUT2D eigenvalue weighted by atomic mass is 15.1. The summed E-state index contributed by atoms with van der Waals surface area (Å²) >= 11 is 0. The molecular weight excluding hydrogens is 174 g/mol. The van der Waals surface area contributed by atoms with E-state index < -0.39 is 0 Å². The molecule has 2 fully saturated rings. The molecule has 3 nitrogen and oxygen atoms in total. The maximum atomic E-state index is 6.35. The molecule has 2 rings (SSSR count). The quantitative estimate of drug-likeness (QED) is 0.688. The van der Waals surface area contributed by atoms with Crippen molar-refractivity contribution in [3.8, 4) is 0 Å². The number of rotatable bonds is 3. The van der Waals surface area contributed by atoms with Gasteiger partial charge < -0.3 is 16.4 Å². The summed E-state index contributed by atoms with van der Waals surface area (Å²) in [5.74, 6) is 0.720. The Kier molecular flexibility index (Phi) is 2.82. The third-order valence-corrected chi connectivity index (χ3v) is 4.28. The molecule has 82 valence electrons. The lowest BCUT2D eigenvalue weighted by atomic mass is 9.81. The number of hydrogen-bond acceptors (Lipinski definition) is 3. The van der Waals surface area contributed by atoms with Crippen molar-refractivity contribution < 1.29 is 0 Å². The zero-order chi connectivity index (χ0) is 10.2. The van der Waals surface area contributed by atoms with E-state index in [9.17, 15) is 0 Å². The van der Waals surface area contributed by atoms with Gasteiger partial charge in [0, 0.05) is 6.04 Å². The van der Waals surface area contributed by atoms with Crippen molar-refractivity contribution in [2.75, 3.05) is 26.7 Å². The maximum Gasteiger partial charge on any atom is 0.0137 e. The highest BCUT2D eigenvalue weighted by molar-refractivity contribution is 5.04. The first kappa shape index (κ1) is 10.4. The summed E-state index contributed by atoms with van der Waals surface area (Å²) in [6.07, 6.45) is 5.05. The van der Waals surface area contributed by atoms with E-state index >= 15 is 0 Å². The molecular formula is C11H23N3. The van der Waals surface area contributed by atoms with E-state index in [1.807, 2.05) is 0 Å². The normalized spacial score (nSPS) is 30.2. The second-order valence-electron chi connectivity index (χ2n) is 5.23. The fourth-order valence-corrected chi connectivity index (χ4v) is 2.72. The van der Waals surface area contributed by atoms with Gasteiger partial charge in [0.25, 0.3) is 0 Å². The van der Waals surface area contributed by atoms with Crippen molar-refractivity contribution >= 4 is 0 Å². The Labute approximate surface area is 86.8 Å². The monoisotopic (exact) mass is 197 g/mol. The van der Waals surface area contributed by atoms with Crippen molar-refractivity contribution in [3.63, 3.8) is 0 Å². The molecule has 0 spiro atoms. The summed E-state index contributed by atoms with van der Waals surface area (Å²) in [4.78, 5) is 2.39. The van der Waals surface area contributed by atoms with Crippen molar-refractivity contribution in [3.05, 3.63) is 0 Å². The fourth-order valence-electron chi connectivity index (χ4n) is 2.72. The van der Waals surface area contributed by atoms with Crippen molar-refractivity contribution in [2.45, 2.75) is 31.7 Å². The van der Waals surface area contributed by atoms with Crippen LogP contribution in [0.5, 0.6) is 0 Å². The van der Waals surface area contributed by atoms with Crippen molar-refractivity contribution in [2.24, 2.45) is 22.8 Å². The lowest BCUT2D eigenvalue weighted by Gasteiger charge is -2.36. The molecule has 1 saturated heterocycles. The zero-order valence-corrected chi connectivity index (χ0v) is 9.21. The van der Waals surface area contributed by atoms with Crippen LogP contribution in [0.1, 0.15) is 25.7 Å². The van der Waals surface area contributed by atoms with Crippen LogP contribution in [0.2, 0.25) is 0 Å². The Balaban J connectivity index is 1.89. The molecule has 0 aromatic carbocycles. The standard InChI is InChI=1S/C11H23N3/c1-14-6-2-9(3-7-14)10(13)11(8-12)4-5-11/h9-10H,2-8,12-13H2,1H3. The first-order valence-electron chi connectivity index (χ1n) is 5.82. The molecule has 0 aromatic rings. The van der Waals surface area contributed by atoms with E-state index in [2.05, 4.69) is 11.9 Å². The lowest BCUT2D eigenvalue weighted by Crippen LogP contribution is -2.46. The summed E-state index contributed by atoms with van der Waals surface area (Å²) in [5, 5.41) is 0. The maximum absolute atomic E-state index is 6.35. The molecule has 4 N–H and O–H groups in total. The van der Waals surface area contributed by atoms with Crippen LogP contribution in [-0.4, -0.2) is 37.6 Å². The molecule has 1 unspecified atom stereocenters. The molecule has 1 heterocycles. The Morgan fingerprint density at radius 3 is 2.36 bits per heavy atom. The average molecular weight is 197 g/mol. The van der Waals surface area contributed by atoms with E-state index in [0.717, 1.165) is 12.5 Å². The van der Waals surface area contributed by atoms with E-state index in [1.54, 1.807) is 0 Å². The van der Waals surface area contributed by atoms with Gasteiger partial charge in [0.2, 0.25) is 0 Å². The predicted molar refractivity (Wildman–Crippen MR) is 58.9 cm³/mol. The molecule has 14 heavy (non-hydrogen) atoms. The van der Waals surface area contributed by atoms with Crippen molar-refractivity contribution in [1.82, 2.24) is 4.90 Å². The van der Waals surface area contributed by atoms with Gasteiger partial charge in [-0.2, -0.15) is 0 Å². The molecule has 1 atom stereocenters. The Morgan fingerprint density at radius 1 is 1.36 bits per heavy atom. The summed E-state index contributed by atoms with van der Waals surface area (Å²) in [5.41, 5.74) is 12.5. The highest BCUT2D eigenvalue weighted by Gasteiger charge is 2.49. The summed E-state index contributed by atoms with van der Waals surface area (Å²) < 4.78 is 0. The van der Waals surface area contributed by atoms with Crippen LogP contribution >= 0.6 is 0 Å². The van der Waals surface area contributed by atoms with Gasteiger partial charge in [0.1, 0.15) is 0 Å². The van der Waals surface area contributed by atoms with Gasteiger partial charge in [0.15, 0.2) is 0 Å². The summed E-state index contributed by atoms with van der Waals surface area (Å²) in [7, 11) is 2.19. The van der Waals surface area contributed by atoms with Crippen LogP contribution in [0.4, 0.5) is 0 Å². The van der Waals surface area contributed by atoms with Gasteiger partial charge >= 0.3 is 0 Å². The van der Waals surface area contributed by atoms with Crippen LogP contribution < -0.4 is 11.5 Å². The first-order chi connectivity index (χ1) is 6.68. The van der Waals surface area contributed by atoms with E-state index in [-0.39, 0.29) is 0 Å². The number of piperidine rings is 1. The number of likely N-dealkylation sites (tertiary alicyclic amines) is 1. The second-order valence-corrected chi connectivity index (χ2v) is 5.23. The molecule has 3 heteroatoms. The largest absolute Gasteiger partial charge is 0.330 e. The molecule has 0 aromatic heterocycles. The van der Waals surface area contributed by atoms with Crippen LogP contribution in [0.15, 0.2) is 0 Å². The smallest absolute Gasteiger partial charge is 0.0137 e. The topological polar surface area (TPSA) is 55.3 Å². The third kappa shape index (κ3) is 1.81. The van der Waals surface area contributed by atoms with Gasteiger partial charge in [-0.3, -0.25) is 0 Å². The average Bonchev–Trinajstić information content (AvgIpc) is 2.99. The molecule has 0 radical (unpaired) electrons. The van der Waals surface area contributed by atoms with Gasteiger partial charge in [-0.25, -0.2) is 0 Å². The van der Waals surface area contributed by atoms with Crippen LogP contribution in [-0.2, 0) is 0 Å². The number of hydrogen-bond donors (Lipinski definition) is 2. The van der Waals surface area contributed by atoms with Gasteiger partial charge in [-0.1, -0.05) is 0 Å². The molecule has 1 saturated carbocycles. The Bertz CT molecular complexity index is 193. The third-order valence-electron chi connectivity index (χ3n) is 4.28. The molecule has 2 aliphatic rings. The van der Waals surface area contributed by atoms with Gasteiger partial charge in [-0.15, -0.1) is 0 Å². The van der Waals surface area contributed by atoms with Crippen LogP contribution in [0.3, 0.4) is 0 Å². The molecule has 1 aliphatic carbocycles. The Hall–Kier alpha value is -0.120. The predicted octanol–water partition coefficient (Wildman–Crippen LogP) is 0.394. The van der Waals surface area contributed by atoms with Gasteiger partial charge in [-0.05, 0) is 63.7 Å². The summed E-state index contributed by atoms with van der Waals surface area (Å²) in [6.45, 7) is 3.21. The minimum atomic E-state index is 0.334.